The summed E-state index contributed by atoms with van der Waals surface area (Å²) in [5.41, 5.74) is 4.41. The molecule has 6 nitrogen and oxygen atoms in total. The summed E-state index contributed by atoms with van der Waals surface area (Å²) in [5, 5.41) is 7.65. The van der Waals surface area contributed by atoms with E-state index in [4.69, 9.17) is 0 Å². The van der Waals surface area contributed by atoms with E-state index in [1.54, 1.807) is 6.07 Å². The fourth-order valence-corrected chi connectivity index (χ4v) is 7.43. The Hall–Kier alpha value is -2.58. The number of sulfone groups is 1. The van der Waals surface area contributed by atoms with E-state index in [0.29, 0.717) is 18.5 Å². The summed E-state index contributed by atoms with van der Waals surface area (Å²) in [4.78, 5) is 13.8. The van der Waals surface area contributed by atoms with Crippen molar-refractivity contribution in [1.29, 1.82) is 0 Å². The second kappa shape index (κ2) is 8.88. The van der Waals surface area contributed by atoms with Crippen molar-refractivity contribution in [3.05, 3.63) is 77.1 Å². The Bertz CT molecular complexity index is 1200. The van der Waals surface area contributed by atoms with Crippen LogP contribution in [0.1, 0.15) is 33.7 Å². The third kappa shape index (κ3) is 4.85. The van der Waals surface area contributed by atoms with Crippen molar-refractivity contribution in [3.63, 3.8) is 0 Å². The van der Waals surface area contributed by atoms with E-state index >= 15 is 0 Å². The number of aryl methyl sites for hydroxylation is 1. The smallest absolute Gasteiger partial charge is 0.252 e. The number of para-hydroxylation sites is 1. The predicted octanol–water partition coefficient (Wildman–Crippen LogP) is 3.70. The Balaban J connectivity index is 1.48. The maximum Gasteiger partial charge on any atom is 0.252 e. The van der Waals surface area contributed by atoms with Crippen LogP contribution in [0.25, 0.3) is 5.69 Å². The first-order valence-electron chi connectivity index (χ1n) is 10.2. The van der Waals surface area contributed by atoms with E-state index < -0.39 is 9.84 Å². The van der Waals surface area contributed by atoms with Gasteiger partial charge >= 0.3 is 0 Å². The molecule has 2 aromatic carbocycles. The zero-order valence-corrected chi connectivity index (χ0v) is 19.2. The van der Waals surface area contributed by atoms with Gasteiger partial charge in [-0.2, -0.15) is 5.10 Å². The van der Waals surface area contributed by atoms with Gasteiger partial charge in [0.1, 0.15) is 0 Å². The van der Waals surface area contributed by atoms with Crippen LogP contribution in [0.5, 0.6) is 0 Å². The van der Waals surface area contributed by atoms with Gasteiger partial charge < -0.3 is 5.32 Å². The highest BCUT2D eigenvalue weighted by molar-refractivity contribution is 8.02. The van der Waals surface area contributed by atoms with Crippen LogP contribution in [-0.2, 0) is 16.4 Å². The second-order valence-corrected chi connectivity index (χ2v) is 11.3. The lowest BCUT2D eigenvalue weighted by Gasteiger charge is -2.13. The van der Waals surface area contributed by atoms with Crippen LogP contribution >= 0.6 is 11.8 Å². The minimum atomic E-state index is -2.96. The fourth-order valence-electron chi connectivity index (χ4n) is 3.81. The largest absolute Gasteiger partial charge is 0.348 e. The molecule has 0 saturated carbocycles. The molecule has 0 bridgehead atoms. The van der Waals surface area contributed by atoms with Gasteiger partial charge in [0.05, 0.1) is 28.5 Å². The van der Waals surface area contributed by atoms with Crippen LogP contribution in [0, 0.1) is 13.8 Å². The molecule has 8 heteroatoms. The number of nitrogens with one attached hydrogen (secondary N) is 1. The monoisotopic (exact) mass is 455 g/mol. The number of rotatable bonds is 6. The first-order valence-corrected chi connectivity index (χ1v) is 12.9. The third-order valence-electron chi connectivity index (χ3n) is 5.48. The van der Waals surface area contributed by atoms with Gasteiger partial charge in [0.15, 0.2) is 9.84 Å². The second-order valence-electron chi connectivity index (χ2n) is 7.72. The molecule has 1 aliphatic heterocycles. The summed E-state index contributed by atoms with van der Waals surface area (Å²) in [6, 6.07) is 17.3. The molecule has 1 fully saturated rings. The molecule has 0 unspecified atom stereocenters. The summed E-state index contributed by atoms with van der Waals surface area (Å²) >= 11 is 1.48. The van der Waals surface area contributed by atoms with Crippen LogP contribution in [0.3, 0.4) is 0 Å². The minimum Gasteiger partial charge on any atom is -0.348 e. The average Bonchev–Trinajstić information content (AvgIpc) is 3.24. The summed E-state index contributed by atoms with van der Waals surface area (Å²) in [5.74, 6) is 0.225. The first-order chi connectivity index (χ1) is 14.8. The maximum absolute atomic E-state index is 13.0. The van der Waals surface area contributed by atoms with Crippen molar-refractivity contribution in [2.75, 3.05) is 11.5 Å². The summed E-state index contributed by atoms with van der Waals surface area (Å²) in [6.07, 6.45) is 0.625. The number of carbonyl (C=O) groups excluding carboxylic acids is 1. The molecular weight excluding hydrogens is 430 g/mol. The van der Waals surface area contributed by atoms with Crippen LogP contribution in [0.15, 0.2) is 59.5 Å². The van der Waals surface area contributed by atoms with Crippen molar-refractivity contribution in [1.82, 2.24) is 15.1 Å². The summed E-state index contributed by atoms with van der Waals surface area (Å²) in [7, 11) is -2.96. The van der Waals surface area contributed by atoms with Gasteiger partial charge in [0.25, 0.3) is 5.91 Å². The molecule has 1 saturated heterocycles. The van der Waals surface area contributed by atoms with E-state index in [1.165, 1.54) is 11.8 Å². The van der Waals surface area contributed by atoms with E-state index in [9.17, 15) is 13.2 Å². The number of amides is 1. The Morgan fingerprint density at radius 2 is 1.84 bits per heavy atom. The predicted molar refractivity (Wildman–Crippen MR) is 124 cm³/mol. The quantitative estimate of drug-likeness (QED) is 0.613. The highest BCUT2D eigenvalue weighted by Gasteiger charge is 2.29. The molecular formula is C23H25N3O3S2. The lowest BCUT2D eigenvalue weighted by molar-refractivity contribution is 0.0948. The van der Waals surface area contributed by atoms with E-state index in [1.807, 2.05) is 67.1 Å². The van der Waals surface area contributed by atoms with E-state index in [2.05, 4.69) is 10.4 Å². The lowest BCUT2D eigenvalue weighted by Crippen LogP contribution is -2.24. The van der Waals surface area contributed by atoms with Crippen molar-refractivity contribution in [2.45, 2.75) is 37.0 Å². The van der Waals surface area contributed by atoms with Gasteiger partial charge in [-0.15, -0.1) is 11.8 Å². The summed E-state index contributed by atoms with van der Waals surface area (Å²) in [6.45, 7) is 4.32. The first kappa shape index (κ1) is 21.6. The number of thioether (sulfide) groups is 1. The number of carbonyl (C=O) groups is 1. The number of hydrogen-bond acceptors (Lipinski definition) is 5. The van der Waals surface area contributed by atoms with Gasteiger partial charge in [-0.05, 0) is 44.5 Å². The normalized spacial score (nSPS) is 17.5. The van der Waals surface area contributed by atoms with Crippen molar-refractivity contribution in [2.24, 2.45) is 0 Å². The minimum absolute atomic E-state index is 0.00690. The molecule has 0 radical (unpaired) electrons. The highest BCUT2D eigenvalue weighted by atomic mass is 32.2. The third-order valence-corrected chi connectivity index (χ3v) is 8.81. The Morgan fingerprint density at radius 3 is 2.55 bits per heavy atom. The Labute approximate surface area is 187 Å². The van der Waals surface area contributed by atoms with Gasteiger partial charge in [-0.3, -0.25) is 4.79 Å². The molecule has 1 atom stereocenters. The molecule has 0 aliphatic carbocycles. The Morgan fingerprint density at radius 1 is 1.13 bits per heavy atom. The molecule has 31 heavy (non-hydrogen) atoms. The molecule has 3 aromatic rings. The number of benzene rings is 2. The van der Waals surface area contributed by atoms with Crippen molar-refractivity contribution in [3.8, 4) is 5.69 Å². The molecule has 2 heterocycles. The molecule has 1 N–H and O–H groups in total. The maximum atomic E-state index is 13.0. The van der Waals surface area contributed by atoms with Gasteiger partial charge in [0, 0.05) is 27.9 Å². The van der Waals surface area contributed by atoms with Crippen LogP contribution in [0.4, 0.5) is 0 Å². The molecule has 0 spiro atoms. The number of nitrogens with zero attached hydrogens (tertiary/aromatic N) is 2. The van der Waals surface area contributed by atoms with Crippen LogP contribution in [0.2, 0.25) is 0 Å². The van der Waals surface area contributed by atoms with Crippen LogP contribution in [-0.4, -0.2) is 40.9 Å². The lowest BCUT2D eigenvalue weighted by atomic mass is 10.1. The SMILES string of the molecule is Cc1nn(-c2ccccc2)c(C)c1CNC(=O)c1ccccc1S[C@@H]1CCS(=O)(=O)C1. The topological polar surface area (TPSA) is 81.1 Å². The summed E-state index contributed by atoms with van der Waals surface area (Å²) < 4.78 is 25.4. The van der Waals surface area contributed by atoms with Gasteiger partial charge in [-0.1, -0.05) is 30.3 Å². The zero-order valence-electron chi connectivity index (χ0n) is 17.5. The molecule has 162 valence electrons. The molecule has 4 rings (SSSR count). The molecule has 1 aromatic heterocycles. The van der Waals surface area contributed by atoms with Gasteiger partial charge in [0.2, 0.25) is 0 Å². The Kier molecular flexibility index (Phi) is 6.20. The average molecular weight is 456 g/mol. The van der Waals surface area contributed by atoms with E-state index in [0.717, 1.165) is 27.5 Å². The van der Waals surface area contributed by atoms with Crippen LogP contribution < -0.4 is 5.32 Å². The number of aromatic nitrogens is 2. The fraction of sp³-hybridized carbons (Fsp3) is 0.304. The van der Waals surface area contributed by atoms with Crippen molar-refractivity contribution >= 4 is 27.5 Å². The molecule has 1 aliphatic rings. The standard InChI is InChI=1S/C23H25N3O3S2/c1-16-21(17(2)26(25-16)18-8-4-3-5-9-18)14-24-23(27)20-10-6-7-11-22(20)30-19-12-13-31(28,29)15-19/h3-11,19H,12-15H2,1-2H3,(H,24,27)/t19-/m1/s1. The molecule has 1 amide bonds. The zero-order chi connectivity index (χ0) is 22.0. The van der Waals surface area contributed by atoms with E-state index in [-0.39, 0.29) is 22.7 Å². The highest BCUT2D eigenvalue weighted by Crippen LogP contribution is 2.33. The number of hydrogen-bond donors (Lipinski definition) is 1. The van der Waals surface area contributed by atoms with Gasteiger partial charge in [-0.25, -0.2) is 13.1 Å². The van der Waals surface area contributed by atoms with Crippen molar-refractivity contribution < 1.29 is 13.2 Å².